The second-order valence-corrected chi connectivity index (χ2v) is 10.6. The Labute approximate surface area is 202 Å². The van der Waals surface area contributed by atoms with E-state index in [9.17, 15) is 13.2 Å². The van der Waals surface area contributed by atoms with Gasteiger partial charge in [0.25, 0.3) is 0 Å². The summed E-state index contributed by atoms with van der Waals surface area (Å²) in [5.41, 5.74) is 2.46. The predicted octanol–water partition coefficient (Wildman–Crippen LogP) is 4.05. The van der Waals surface area contributed by atoms with Crippen molar-refractivity contribution in [3.63, 3.8) is 0 Å². The van der Waals surface area contributed by atoms with Crippen molar-refractivity contribution in [3.05, 3.63) is 70.8 Å². The van der Waals surface area contributed by atoms with E-state index in [1.807, 2.05) is 23.1 Å². The molecule has 0 N–H and O–H groups in total. The summed E-state index contributed by atoms with van der Waals surface area (Å²) in [7, 11) is -3.48. The Morgan fingerprint density at radius 2 is 1.76 bits per heavy atom. The van der Waals surface area contributed by atoms with Crippen molar-refractivity contribution in [2.75, 3.05) is 49.8 Å². The number of carbonyl (C=O) groups is 1. The van der Waals surface area contributed by atoms with Crippen LogP contribution in [0.5, 0.6) is 0 Å². The average molecular weight is 490 g/mol. The molecule has 0 radical (unpaired) electrons. The molecule has 1 heterocycles. The molecule has 0 unspecified atom stereocenters. The minimum absolute atomic E-state index is 0.0748. The average Bonchev–Trinajstić information content (AvgIpc) is 2.79. The summed E-state index contributed by atoms with van der Waals surface area (Å²) in [6.07, 6.45) is 6.23. The van der Waals surface area contributed by atoms with Gasteiger partial charge in [-0.3, -0.25) is 14.0 Å². The van der Waals surface area contributed by atoms with Gasteiger partial charge in [0.1, 0.15) is 0 Å². The van der Waals surface area contributed by atoms with Gasteiger partial charge in [-0.1, -0.05) is 60.2 Å². The molecule has 0 aromatic heterocycles. The molecular weight excluding hydrogens is 458 g/mol. The van der Waals surface area contributed by atoms with Gasteiger partial charge < -0.3 is 4.90 Å². The molecule has 0 aliphatic carbocycles. The van der Waals surface area contributed by atoms with Gasteiger partial charge in [0.2, 0.25) is 15.9 Å². The normalized spacial score (nSPS) is 15.2. The molecule has 8 heteroatoms. The summed E-state index contributed by atoms with van der Waals surface area (Å²) in [6.45, 7) is 5.97. The Morgan fingerprint density at radius 1 is 1.06 bits per heavy atom. The first kappa shape index (κ1) is 25.3. The van der Waals surface area contributed by atoms with Gasteiger partial charge in [-0.2, -0.15) is 0 Å². The van der Waals surface area contributed by atoms with Crippen LogP contribution in [0.3, 0.4) is 0 Å². The van der Waals surface area contributed by atoms with Gasteiger partial charge in [-0.15, -0.1) is 0 Å². The van der Waals surface area contributed by atoms with Gasteiger partial charge in [-0.05, 0) is 36.6 Å². The van der Waals surface area contributed by atoms with Gasteiger partial charge in [0, 0.05) is 50.7 Å². The van der Waals surface area contributed by atoms with E-state index in [4.69, 9.17) is 11.6 Å². The highest BCUT2D eigenvalue weighted by Crippen LogP contribution is 2.28. The van der Waals surface area contributed by atoms with Crippen LogP contribution in [0.2, 0.25) is 5.02 Å². The van der Waals surface area contributed by atoms with Crippen LogP contribution in [-0.2, 0) is 14.8 Å². The molecule has 1 fully saturated rings. The smallest absolute Gasteiger partial charge is 0.232 e. The minimum atomic E-state index is -3.48. The number of nitrogens with zero attached hydrogens (tertiary/aromatic N) is 3. The summed E-state index contributed by atoms with van der Waals surface area (Å²) >= 11 is 6.18. The number of sulfonamides is 1. The highest BCUT2D eigenvalue weighted by Gasteiger charge is 2.23. The maximum Gasteiger partial charge on any atom is 0.232 e. The molecule has 1 amide bonds. The standard InChI is InChI=1S/C25H32ClN3O3S/c1-21-23(26)12-6-13-24(21)29(33(2,31)32)16-8-14-25(30)28-19-17-27(18-20-28)15-7-11-22-9-4-3-5-10-22/h3-7,9-13H,8,14-20H2,1-2H3/b11-7+. The third-order valence-corrected chi connectivity index (χ3v) is 7.45. The fourth-order valence-electron chi connectivity index (χ4n) is 3.95. The maximum atomic E-state index is 12.7. The van der Waals surface area contributed by atoms with E-state index < -0.39 is 10.0 Å². The molecule has 0 bridgehead atoms. The van der Waals surface area contributed by atoms with E-state index in [-0.39, 0.29) is 12.5 Å². The number of benzene rings is 2. The fourth-order valence-corrected chi connectivity index (χ4v) is 5.13. The molecule has 178 valence electrons. The molecular formula is C25H32ClN3O3S. The molecule has 0 atom stereocenters. The second kappa shape index (κ2) is 11.7. The van der Waals surface area contributed by atoms with Crippen molar-refractivity contribution in [1.82, 2.24) is 9.80 Å². The monoisotopic (exact) mass is 489 g/mol. The maximum absolute atomic E-state index is 12.7. The van der Waals surface area contributed by atoms with Crippen molar-refractivity contribution >= 4 is 39.3 Å². The number of hydrogen-bond acceptors (Lipinski definition) is 4. The Hall–Kier alpha value is -2.35. The summed E-state index contributed by atoms with van der Waals surface area (Å²) in [4.78, 5) is 16.9. The molecule has 3 rings (SSSR count). The molecule has 6 nitrogen and oxygen atoms in total. The highest BCUT2D eigenvalue weighted by atomic mass is 35.5. The van der Waals surface area contributed by atoms with Crippen LogP contribution in [0, 0.1) is 6.92 Å². The van der Waals surface area contributed by atoms with Gasteiger partial charge in [0.15, 0.2) is 0 Å². The van der Waals surface area contributed by atoms with Crippen molar-refractivity contribution in [1.29, 1.82) is 0 Å². The molecule has 0 saturated carbocycles. The van der Waals surface area contributed by atoms with E-state index in [1.54, 1.807) is 25.1 Å². The quantitative estimate of drug-likeness (QED) is 0.533. The summed E-state index contributed by atoms with van der Waals surface area (Å²) in [6, 6.07) is 15.4. The third kappa shape index (κ3) is 7.32. The second-order valence-electron chi connectivity index (χ2n) is 8.32. The number of halogens is 1. The molecule has 2 aromatic carbocycles. The van der Waals surface area contributed by atoms with E-state index in [2.05, 4.69) is 29.2 Å². The fraction of sp³-hybridized carbons (Fsp3) is 0.400. The van der Waals surface area contributed by atoms with Crippen LogP contribution in [0.1, 0.15) is 24.0 Å². The SMILES string of the molecule is Cc1c(Cl)cccc1N(CCCC(=O)N1CCN(C/C=C/c2ccccc2)CC1)S(C)(=O)=O. The van der Waals surface area contributed by atoms with Crippen LogP contribution >= 0.6 is 11.6 Å². The van der Waals surface area contributed by atoms with Gasteiger partial charge in [-0.25, -0.2) is 8.42 Å². The molecule has 0 spiro atoms. The molecule has 2 aromatic rings. The lowest BCUT2D eigenvalue weighted by molar-refractivity contribution is -0.132. The Morgan fingerprint density at radius 3 is 2.42 bits per heavy atom. The van der Waals surface area contributed by atoms with Crippen molar-refractivity contribution in [2.24, 2.45) is 0 Å². The first-order valence-corrected chi connectivity index (χ1v) is 13.4. The number of piperazine rings is 1. The van der Waals surface area contributed by atoms with Crippen LogP contribution in [-0.4, -0.2) is 69.6 Å². The third-order valence-electron chi connectivity index (χ3n) is 5.86. The number of rotatable bonds is 9. The first-order valence-electron chi connectivity index (χ1n) is 11.2. The first-order chi connectivity index (χ1) is 15.8. The summed E-state index contributed by atoms with van der Waals surface area (Å²) in [5, 5.41) is 0.522. The van der Waals surface area contributed by atoms with E-state index in [1.165, 1.54) is 16.1 Å². The lowest BCUT2D eigenvalue weighted by Crippen LogP contribution is -2.48. The zero-order valence-corrected chi connectivity index (χ0v) is 20.9. The largest absolute Gasteiger partial charge is 0.340 e. The molecule has 33 heavy (non-hydrogen) atoms. The van der Waals surface area contributed by atoms with E-state index in [0.717, 1.165) is 19.6 Å². The topological polar surface area (TPSA) is 60.9 Å². The highest BCUT2D eigenvalue weighted by molar-refractivity contribution is 7.92. The van der Waals surface area contributed by atoms with Crippen molar-refractivity contribution in [3.8, 4) is 0 Å². The molecule has 1 saturated heterocycles. The summed E-state index contributed by atoms with van der Waals surface area (Å²) in [5.74, 6) is 0.0748. The molecule has 1 aliphatic rings. The lowest BCUT2D eigenvalue weighted by atomic mass is 10.2. The van der Waals surface area contributed by atoms with Gasteiger partial charge in [0.05, 0.1) is 11.9 Å². The number of anilines is 1. The number of amides is 1. The van der Waals surface area contributed by atoms with Crippen molar-refractivity contribution < 1.29 is 13.2 Å². The Kier molecular flexibility index (Phi) is 8.95. The van der Waals surface area contributed by atoms with Crippen LogP contribution < -0.4 is 4.31 Å². The van der Waals surface area contributed by atoms with E-state index >= 15 is 0 Å². The lowest BCUT2D eigenvalue weighted by Gasteiger charge is -2.34. The van der Waals surface area contributed by atoms with E-state index in [0.29, 0.717) is 42.2 Å². The Balaban J connectivity index is 1.46. The number of hydrogen-bond donors (Lipinski definition) is 0. The van der Waals surface area contributed by atoms with Crippen LogP contribution in [0.25, 0.3) is 6.08 Å². The zero-order chi connectivity index (χ0) is 23.8. The Bertz CT molecular complexity index is 1070. The van der Waals surface area contributed by atoms with Crippen LogP contribution in [0.15, 0.2) is 54.6 Å². The molecule has 1 aliphatic heterocycles. The van der Waals surface area contributed by atoms with Crippen molar-refractivity contribution in [2.45, 2.75) is 19.8 Å². The summed E-state index contributed by atoms with van der Waals surface area (Å²) < 4.78 is 26.1. The minimum Gasteiger partial charge on any atom is -0.340 e. The number of carbonyl (C=O) groups excluding carboxylic acids is 1. The zero-order valence-electron chi connectivity index (χ0n) is 19.3. The van der Waals surface area contributed by atoms with Gasteiger partial charge >= 0.3 is 0 Å². The van der Waals surface area contributed by atoms with Crippen LogP contribution in [0.4, 0.5) is 5.69 Å². The predicted molar refractivity (Wildman–Crippen MR) is 136 cm³/mol.